The van der Waals surface area contributed by atoms with E-state index in [4.69, 9.17) is 5.26 Å². The van der Waals surface area contributed by atoms with Crippen LogP contribution in [0.15, 0.2) is 85.1 Å². The molecule has 0 aliphatic carbocycles. The van der Waals surface area contributed by atoms with E-state index in [1.807, 2.05) is 71.8 Å². The number of nitrogens with zero attached hydrogens (tertiary/aromatic N) is 4. The van der Waals surface area contributed by atoms with E-state index >= 15 is 0 Å². The number of carbonyl (C=O) groups excluding carboxylic acids is 1. The van der Waals surface area contributed by atoms with Gasteiger partial charge >= 0.3 is 0 Å². The van der Waals surface area contributed by atoms with E-state index in [0.717, 1.165) is 54.8 Å². The number of nitriles is 1. The molecule has 0 saturated carbocycles. The van der Waals surface area contributed by atoms with Crippen molar-refractivity contribution in [2.75, 3.05) is 31.1 Å². The standard InChI is InChI=1S/C28H26N4O/c29-19-22-11-13-24(14-12-22)30-15-6-16-31(18-17-30)28(33)26-21-32(20-23-7-2-1-3-8-23)27-10-5-4-9-25(26)27/h1-5,7-14,21H,6,15-18,20H2. The third-order valence-electron chi connectivity index (χ3n) is 6.36. The predicted octanol–water partition coefficient (Wildman–Crippen LogP) is 4.91. The molecule has 5 rings (SSSR count). The Kier molecular flexibility index (Phi) is 5.82. The zero-order valence-corrected chi connectivity index (χ0v) is 18.5. The van der Waals surface area contributed by atoms with Gasteiger partial charge in [-0.1, -0.05) is 48.5 Å². The summed E-state index contributed by atoms with van der Waals surface area (Å²) in [6, 6.07) is 28.4. The van der Waals surface area contributed by atoms with Gasteiger partial charge in [-0.25, -0.2) is 0 Å². The number of fused-ring (bicyclic) bond motifs is 1. The maximum atomic E-state index is 13.6. The molecule has 3 aromatic carbocycles. The van der Waals surface area contributed by atoms with Crippen LogP contribution in [-0.2, 0) is 6.54 Å². The van der Waals surface area contributed by atoms with Crippen LogP contribution in [0.4, 0.5) is 5.69 Å². The summed E-state index contributed by atoms with van der Waals surface area (Å²) < 4.78 is 2.18. The second-order valence-electron chi connectivity index (χ2n) is 8.46. The quantitative estimate of drug-likeness (QED) is 0.458. The second kappa shape index (κ2) is 9.22. The Morgan fingerprint density at radius 2 is 1.61 bits per heavy atom. The van der Waals surface area contributed by atoms with Gasteiger partial charge < -0.3 is 14.4 Å². The van der Waals surface area contributed by atoms with E-state index in [0.29, 0.717) is 12.1 Å². The fraction of sp³-hybridized carbons (Fsp3) is 0.214. The molecule has 0 spiro atoms. The summed E-state index contributed by atoms with van der Waals surface area (Å²) in [7, 11) is 0. The Labute approximate surface area is 194 Å². The van der Waals surface area contributed by atoms with Crippen molar-refractivity contribution in [1.29, 1.82) is 5.26 Å². The van der Waals surface area contributed by atoms with E-state index in [-0.39, 0.29) is 5.91 Å². The van der Waals surface area contributed by atoms with Gasteiger partial charge in [0.15, 0.2) is 0 Å². The Bertz CT molecular complexity index is 1300. The smallest absolute Gasteiger partial charge is 0.256 e. The van der Waals surface area contributed by atoms with E-state index < -0.39 is 0 Å². The van der Waals surface area contributed by atoms with Crippen LogP contribution < -0.4 is 4.90 Å². The van der Waals surface area contributed by atoms with Gasteiger partial charge in [0, 0.05) is 55.5 Å². The maximum absolute atomic E-state index is 13.6. The zero-order chi connectivity index (χ0) is 22.6. The minimum atomic E-state index is 0.0969. The molecular weight excluding hydrogens is 408 g/mol. The van der Waals surface area contributed by atoms with Crippen molar-refractivity contribution >= 4 is 22.5 Å². The third kappa shape index (κ3) is 4.33. The van der Waals surface area contributed by atoms with Crippen molar-refractivity contribution < 1.29 is 4.79 Å². The van der Waals surface area contributed by atoms with Crippen molar-refractivity contribution in [3.63, 3.8) is 0 Å². The molecule has 1 fully saturated rings. The minimum absolute atomic E-state index is 0.0969. The molecule has 0 unspecified atom stereocenters. The number of aromatic nitrogens is 1. The molecule has 0 N–H and O–H groups in total. The first-order valence-electron chi connectivity index (χ1n) is 11.4. The third-order valence-corrected chi connectivity index (χ3v) is 6.36. The van der Waals surface area contributed by atoms with Crippen LogP contribution in [0.3, 0.4) is 0 Å². The molecule has 1 saturated heterocycles. The highest BCUT2D eigenvalue weighted by molar-refractivity contribution is 6.07. The van der Waals surface area contributed by atoms with Crippen LogP contribution >= 0.6 is 0 Å². The lowest BCUT2D eigenvalue weighted by atomic mass is 10.1. The Hall–Kier alpha value is -4.04. The lowest BCUT2D eigenvalue weighted by Crippen LogP contribution is -2.35. The summed E-state index contributed by atoms with van der Waals surface area (Å²) in [6.45, 7) is 3.83. The molecule has 0 radical (unpaired) electrons. The lowest BCUT2D eigenvalue weighted by molar-refractivity contribution is 0.0769. The summed E-state index contributed by atoms with van der Waals surface area (Å²) in [4.78, 5) is 17.9. The summed E-state index contributed by atoms with van der Waals surface area (Å²) in [6.07, 6.45) is 2.93. The number of carbonyl (C=O) groups is 1. The van der Waals surface area contributed by atoms with Gasteiger partial charge in [-0.3, -0.25) is 4.79 Å². The Balaban J connectivity index is 1.37. The SMILES string of the molecule is N#Cc1ccc(N2CCCN(C(=O)c3cn(Cc4ccccc4)c4ccccc34)CC2)cc1. The Morgan fingerprint density at radius 1 is 0.848 bits per heavy atom. The number of rotatable bonds is 4. The number of anilines is 1. The van der Waals surface area contributed by atoms with Gasteiger partial charge in [-0.2, -0.15) is 5.26 Å². The predicted molar refractivity (Wildman–Crippen MR) is 131 cm³/mol. The van der Waals surface area contributed by atoms with Gasteiger partial charge in [0.05, 0.1) is 17.2 Å². The van der Waals surface area contributed by atoms with Crippen LogP contribution in [0.1, 0.15) is 27.9 Å². The normalized spacial score (nSPS) is 14.2. The molecule has 5 heteroatoms. The molecular formula is C28H26N4O. The molecule has 1 aliphatic heterocycles. The van der Waals surface area contributed by atoms with E-state index in [2.05, 4.69) is 33.7 Å². The Morgan fingerprint density at radius 3 is 2.39 bits per heavy atom. The summed E-state index contributed by atoms with van der Waals surface area (Å²) in [5, 5.41) is 10.0. The first-order valence-corrected chi connectivity index (χ1v) is 11.4. The first-order chi connectivity index (χ1) is 16.2. The second-order valence-corrected chi connectivity index (χ2v) is 8.46. The van der Waals surface area contributed by atoms with Crippen LogP contribution in [0.5, 0.6) is 0 Å². The monoisotopic (exact) mass is 434 g/mol. The average Bonchev–Trinajstić information content (AvgIpc) is 3.05. The number of para-hydroxylation sites is 1. The highest BCUT2D eigenvalue weighted by Crippen LogP contribution is 2.25. The van der Waals surface area contributed by atoms with Crippen LogP contribution in [0.2, 0.25) is 0 Å². The van der Waals surface area contributed by atoms with Crippen molar-refractivity contribution in [1.82, 2.24) is 9.47 Å². The van der Waals surface area contributed by atoms with Crippen LogP contribution in [-0.4, -0.2) is 41.6 Å². The molecule has 164 valence electrons. The van der Waals surface area contributed by atoms with Crippen molar-refractivity contribution in [3.8, 4) is 6.07 Å². The molecule has 1 aliphatic rings. The van der Waals surface area contributed by atoms with Gasteiger partial charge in [0.2, 0.25) is 0 Å². The van der Waals surface area contributed by atoms with Crippen molar-refractivity contribution in [2.24, 2.45) is 0 Å². The molecule has 1 aromatic heterocycles. The van der Waals surface area contributed by atoms with E-state index in [1.165, 1.54) is 5.56 Å². The summed E-state index contributed by atoms with van der Waals surface area (Å²) in [5.74, 6) is 0.0969. The maximum Gasteiger partial charge on any atom is 0.256 e. The molecule has 1 amide bonds. The summed E-state index contributed by atoms with van der Waals surface area (Å²) in [5.41, 5.74) is 4.83. The highest BCUT2D eigenvalue weighted by atomic mass is 16.2. The van der Waals surface area contributed by atoms with Crippen molar-refractivity contribution in [3.05, 3.63) is 102 Å². The first kappa shape index (κ1) is 20.8. The molecule has 5 nitrogen and oxygen atoms in total. The molecule has 2 heterocycles. The topological polar surface area (TPSA) is 52.3 Å². The van der Waals surface area contributed by atoms with E-state index in [1.54, 1.807) is 0 Å². The highest BCUT2D eigenvalue weighted by Gasteiger charge is 2.23. The largest absolute Gasteiger partial charge is 0.370 e. The van der Waals surface area contributed by atoms with Crippen LogP contribution in [0, 0.1) is 11.3 Å². The average molecular weight is 435 g/mol. The number of benzene rings is 3. The number of hydrogen-bond acceptors (Lipinski definition) is 3. The van der Waals surface area contributed by atoms with E-state index in [9.17, 15) is 4.79 Å². The van der Waals surface area contributed by atoms with Gasteiger partial charge in [-0.05, 0) is 42.3 Å². The van der Waals surface area contributed by atoms with Gasteiger partial charge in [0.1, 0.15) is 0 Å². The lowest BCUT2D eigenvalue weighted by Gasteiger charge is -2.23. The fourth-order valence-corrected chi connectivity index (χ4v) is 4.62. The number of amides is 1. The molecule has 0 atom stereocenters. The molecule has 4 aromatic rings. The number of hydrogen-bond donors (Lipinski definition) is 0. The molecule has 0 bridgehead atoms. The zero-order valence-electron chi connectivity index (χ0n) is 18.5. The van der Waals surface area contributed by atoms with Gasteiger partial charge in [-0.15, -0.1) is 0 Å². The molecule has 33 heavy (non-hydrogen) atoms. The van der Waals surface area contributed by atoms with Crippen molar-refractivity contribution in [2.45, 2.75) is 13.0 Å². The van der Waals surface area contributed by atoms with Crippen LogP contribution in [0.25, 0.3) is 10.9 Å². The fourth-order valence-electron chi connectivity index (χ4n) is 4.62. The summed E-state index contributed by atoms with van der Waals surface area (Å²) >= 11 is 0. The minimum Gasteiger partial charge on any atom is -0.370 e. The van der Waals surface area contributed by atoms with Gasteiger partial charge in [0.25, 0.3) is 5.91 Å².